The monoisotopic (exact) mass is 398 g/mol. The number of esters is 1. The van der Waals surface area contributed by atoms with E-state index in [1.165, 1.54) is 32.4 Å². The van der Waals surface area contributed by atoms with Gasteiger partial charge in [-0.2, -0.15) is 18.2 Å². The second-order valence-electron chi connectivity index (χ2n) is 5.95. The van der Waals surface area contributed by atoms with E-state index in [1.54, 1.807) is 0 Å². The lowest BCUT2D eigenvalue weighted by Crippen LogP contribution is -2.18. The molecule has 0 spiro atoms. The van der Waals surface area contributed by atoms with E-state index in [0.717, 1.165) is 6.07 Å². The highest BCUT2D eigenvalue weighted by molar-refractivity contribution is 5.93. The second kappa shape index (κ2) is 8.77. The highest BCUT2D eigenvalue weighted by atomic mass is 19.4. The van der Waals surface area contributed by atoms with Crippen molar-refractivity contribution in [3.63, 3.8) is 0 Å². The van der Waals surface area contributed by atoms with Crippen molar-refractivity contribution >= 4 is 23.4 Å². The van der Waals surface area contributed by atoms with Crippen molar-refractivity contribution in [3.05, 3.63) is 35.5 Å². The fourth-order valence-corrected chi connectivity index (χ4v) is 2.24. The molecule has 2 aromatic rings. The molecular formula is C18H21F3N4O3. The summed E-state index contributed by atoms with van der Waals surface area (Å²) in [4.78, 5) is 19.4. The maximum absolute atomic E-state index is 13.2. The van der Waals surface area contributed by atoms with Gasteiger partial charge >= 0.3 is 12.1 Å². The average molecular weight is 398 g/mol. The predicted octanol–water partition coefficient (Wildman–Crippen LogP) is 4.24. The summed E-state index contributed by atoms with van der Waals surface area (Å²) in [5.74, 6) is -0.574. The van der Waals surface area contributed by atoms with Crippen LogP contribution in [0.2, 0.25) is 0 Å². The third-order valence-electron chi connectivity index (χ3n) is 3.88. The first-order valence-corrected chi connectivity index (χ1v) is 8.44. The summed E-state index contributed by atoms with van der Waals surface area (Å²) >= 11 is 0. The molecule has 0 fully saturated rings. The topological polar surface area (TPSA) is 85.4 Å². The number of ether oxygens (including phenoxy) is 2. The highest BCUT2D eigenvalue weighted by Gasteiger charge is 2.34. The summed E-state index contributed by atoms with van der Waals surface area (Å²) in [6.07, 6.45) is -3.94. The summed E-state index contributed by atoms with van der Waals surface area (Å²) in [6, 6.07) is 5.12. The van der Waals surface area contributed by atoms with Gasteiger partial charge in [-0.05, 0) is 25.5 Å². The summed E-state index contributed by atoms with van der Waals surface area (Å²) in [5, 5.41) is 5.62. The van der Waals surface area contributed by atoms with Crippen LogP contribution in [-0.2, 0) is 10.9 Å². The maximum atomic E-state index is 13.2. The number of carbonyl (C=O) groups is 1. The Kier molecular flexibility index (Phi) is 6.66. The van der Waals surface area contributed by atoms with Gasteiger partial charge in [-0.25, -0.2) is 9.78 Å². The second-order valence-corrected chi connectivity index (χ2v) is 5.95. The Balaban J connectivity index is 2.39. The molecule has 0 aliphatic rings. The van der Waals surface area contributed by atoms with Crippen LogP contribution in [0.4, 0.5) is 30.6 Å². The number of methoxy groups -OCH3 is 2. The van der Waals surface area contributed by atoms with E-state index in [2.05, 4.69) is 25.3 Å². The van der Waals surface area contributed by atoms with Crippen LogP contribution in [-0.4, -0.2) is 36.2 Å². The minimum absolute atomic E-state index is 0.0546. The summed E-state index contributed by atoms with van der Waals surface area (Å²) < 4.78 is 49.4. The average Bonchev–Trinajstić information content (AvgIpc) is 2.66. The molecule has 1 aromatic heterocycles. The molecule has 1 aromatic carbocycles. The van der Waals surface area contributed by atoms with Crippen LogP contribution in [0.25, 0.3) is 0 Å². The SMILES string of the molecule is CC[C@@H](C)Nc1nc(Nc2ccc(C(=O)OC)c(OC)c2)cc(C(F)(F)F)n1. The number of nitrogens with zero attached hydrogens (tertiary/aromatic N) is 2. The predicted molar refractivity (Wildman–Crippen MR) is 98.0 cm³/mol. The molecule has 0 saturated carbocycles. The van der Waals surface area contributed by atoms with Gasteiger partial charge in [-0.15, -0.1) is 0 Å². The van der Waals surface area contributed by atoms with Gasteiger partial charge in [0, 0.05) is 23.9 Å². The van der Waals surface area contributed by atoms with Gasteiger partial charge in [0.1, 0.15) is 17.1 Å². The molecule has 0 unspecified atom stereocenters. The third kappa shape index (κ3) is 5.24. The Bertz CT molecular complexity index is 843. The first-order chi connectivity index (χ1) is 13.2. The molecule has 1 heterocycles. The van der Waals surface area contributed by atoms with Crippen LogP contribution in [0.3, 0.4) is 0 Å². The lowest BCUT2D eigenvalue weighted by molar-refractivity contribution is -0.141. The summed E-state index contributed by atoms with van der Waals surface area (Å²) in [5.41, 5.74) is -0.506. The number of hydrogen-bond acceptors (Lipinski definition) is 7. The van der Waals surface area contributed by atoms with Gasteiger partial charge < -0.3 is 20.1 Å². The van der Waals surface area contributed by atoms with Gasteiger partial charge in [-0.3, -0.25) is 0 Å². The molecular weight excluding hydrogens is 377 g/mol. The lowest BCUT2D eigenvalue weighted by atomic mass is 10.2. The molecule has 2 rings (SSSR count). The van der Waals surface area contributed by atoms with E-state index in [4.69, 9.17) is 4.74 Å². The molecule has 0 saturated heterocycles. The quantitative estimate of drug-likeness (QED) is 0.675. The van der Waals surface area contributed by atoms with Crippen molar-refractivity contribution in [1.82, 2.24) is 9.97 Å². The Morgan fingerprint density at radius 1 is 1.21 bits per heavy atom. The molecule has 152 valence electrons. The number of benzene rings is 1. The van der Waals surface area contributed by atoms with E-state index in [1.807, 2.05) is 13.8 Å². The van der Waals surface area contributed by atoms with Gasteiger partial charge in [0.25, 0.3) is 0 Å². The molecule has 0 aliphatic carbocycles. The molecule has 0 bridgehead atoms. The van der Waals surface area contributed by atoms with Crippen LogP contribution in [0, 0.1) is 0 Å². The molecule has 2 N–H and O–H groups in total. The molecule has 0 aliphatic heterocycles. The molecule has 10 heteroatoms. The van der Waals surface area contributed by atoms with E-state index >= 15 is 0 Å². The minimum Gasteiger partial charge on any atom is -0.496 e. The van der Waals surface area contributed by atoms with Crippen molar-refractivity contribution in [2.75, 3.05) is 24.9 Å². The zero-order valence-corrected chi connectivity index (χ0v) is 15.8. The number of hydrogen-bond donors (Lipinski definition) is 2. The van der Waals surface area contributed by atoms with E-state index < -0.39 is 17.8 Å². The van der Waals surface area contributed by atoms with E-state index in [-0.39, 0.29) is 29.1 Å². The van der Waals surface area contributed by atoms with Crippen molar-refractivity contribution < 1.29 is 27.4 Å². The smallest absolute Gasteiger partial charge is 0.433 e. The van der Waals surface area contributed by atoms with Crippen LogP contribution < -0.4 is 15.4 Å². The normalized spacial score (nSPS) is 12.2. The largest absolute Gasteiger partial charge is 0.496 e. The van der Waals surface area contributed by atoms with Gasteiger partial charge in [-0.1, -0.05) is 6.92 Å². The zero-order chi connectivity index (χ0) is 20.9. The lowest BCUT2D eigenvalue weighted by Gasteiger charge is -2.16. The van der Waals surface area contributed by atoms with Gasteiger partial charge in [0.15, 0.2) is 5.69 Å². The first kappa shape index (κ1) is 21.3. The Morgan fingerprint density at radius 2 is 1.93 bits per heavy atom. The number of alkyl halides is 3. The highest BCUT2D eigenvalue weighted by Crippen LogP contribution is 2.31. The number of anilines is 3. The molecule has 0 amide bonds. The third-order valence-corrected chi connectivity index (χ3v) is 3.88. The maximum Gasteiger partial charge on any atom is 0.433 e. The van der Waals surface area contributed by atoms with Crippen LogP contribution in [0.1, 0.15) is 36.3 Å². The number of aromatic nitrogens is 2. The fourth-order valence-electron chi connectivity index (χ4n) is 2.24. The van der Waals surface area contributed by atoms with Crippen LogP contribution in [0.15, 0.2) is 24.3 Å². The number of carbonyl (C=O) groups excluding carboxylic acids is 1. The van der Waals surface area contributed by atoms with E-state index in [0.29, 0.717) is 12.1 Å². The van der Waals surface area contributed by atoms with Crippen molar-refractivity contribution in [1.29, 1.82) is 0 Å². The first-order valence-electron chi connectivity index (χ1n) is 8.44. The Labute approximate surface area is 160 Å². The summed E-state index contributed by atoms with van der Waals surface area (Å²) in [7, 11) is 2.60. The van der Waals surface area contributed by atoms with Crippen molar-refractivity contribution in [3.8, 4) is 5.75 Å². The van der Waals surface area contributed by atoms with Gasteiger partial charge in [0.2, 0.25) is 5.95 Å². The van der Waals surface area contributed by atoms with Crippen LogP contribution >= 0.6 is 0 Å². The van der Waals surface area contributed by atoms with Crippen LogP contribution in [0.5, 0.6) is 5.75 Å². The standard InChI is InChI=1S/C18H21F3N4O3/c1-5-10(2)22-17-24-14(18(19,20)21)9-15(25-17)23-11-6-7-12(16(26)28-4)13(8-11)27-3/h6-10H,5H2,1-4H3,(H2,22,23,24,25)/t10-/m1/s1. The van der Waals surface area contributed by atoms with Crippen molar-refractivity contribution in [2.24, 2.45) is 0 Å². The fraction of sp³-hybridized carbons (Fsp3) is 0.389. The van der Waals surface area contributed by atoms with E-state index in [9.17, 15) is 18.0 Å². The number of halogens is 3. The summed E-state index contributed by atoms with van der Waals surface area (Å²) in [6.45, 7) is 3.70. The molecule has 28 heavy (non-hydrogen) atoms. The molecule has 7 nitrogen and oxygen atoms in total. The number of nitrogens with one attached hydrogen (secondary N) is 2. The number of rotatable bonds is 7. The Morgan fingerprint density at radius 3 is 2.50 bits per heavy atom. The minimum atomic E-state index is -4.63. The molecule has 1 atom stereocenters. The van der Waals surface area contributed by atoms with Crippen molar-refractivity contribution in [2.45, 2.75) is 32.5 Å². The molecule has 0 radical (unpaired) electrons. The van der Waals surface area contributed by atoms with Gasteiger partial charge in [0.05, 0.1) is 14.2 Å². The zero-order valence-electron chi connectivity index (χ0n) is 15.8. The Hall–Kier alpha value is -3.04.